The second-order valence-electron chi connectivity index (χ2n) is 8.28. The van der Waals surface area contributed by atoms with E-state index in [4.69, 9.17) is 4.99 Å². The summed E-state index contributed by atoms with van der Waals surface area (Å²) in [5.74, 6) is 0.0339. The first-order valence-corrected chi connectivity index (χ1v) is 12.0. The summed E-state index contributed by atoms with van der Waals surface area (Å²) in [4.78, 5) is 8.67. The van der Waals surface area contributed by atoms with Crippen molar-refractivity contribution in [3.8, 4) is 0 Å². The van der Waals surface area contributed by atoms with E-state index >= 15 is 0 Å². The van der Waals surface area contributed by atoms with E-state index < -0.39 is 21.5 Å². The molecule has 0 bridgehead atoms. The summed E-state index contributed by atoms with van der Waals surface area (Å²) >= 11 is 0. The molecule has 0 atom stereocenters. The Morgan fingerprint density at radius 1 is 1.21 bits per heavy atom. The fourth-order valence-electron chi connectivity index (χ4n) is 3.14. The van der Waals surface area contributed by atoms with Gasteiger partial charge in [0.2, 0.25) is 0 Å². The third-order valence-electron chi connectivity index (χ3n) is 4.97. The van der Waals surface area contributed by atoms with Crippen LogP contribution in [0.5, 0.6) is 0 Å². The highest BCUT2D eigenvalue weighted by Gasteiger charge is 2.24. The van der Waals surface area contributed by atoms with Gasteiger partial charge >= 0.3 is 0 Å². The summed E-state index contributed by atoms with van der Waals surface area (Å²) in [6.07, 6.45) is 1.79. The van der Waals surface area contributed by atoms with E-state index in [9.17, 15) is 17.2 Å². The van der Waals surface area contributed by atoms with Gasteiger partial charge in [0.05, 0.1) is 11.4 Å². The molecule has 1 aliphatic heterocycles. The number of anilines is 1. The van der Waals surface area contributed by atoms with Gasteiger partial charge in [-0.1, -0.05) is 13.8 Å². The van der Waals surface area contributed by atoms with Crippen LogP contribution in [0.1, 0.15) is 27.2 Å². The molecule has 0 unspecified atom stereocenters. The summed E-state index contributed by atoms with van der Waals surface area (Å²) in [6.45, 7) is 9.60. The van der Waals surface area contributed by atoms with Gasteiger partial charge in [0.25, 0.3) is 0 Å². The third kappa shape index (κ3) is 7.45. The number of hydrogen-bond donors (Lipinski definition) is 1. The molecule has 0 aliphatic carbocycles. The maximum atomic E-state index is 14.0. The fraction of sp³-hybridized carbons (Fsp3) is 0.650. The minimum atomic E-state index is -3.00. The Morgan fingerprint density at radius 3 is 2.45 bits per heavy atom. The summed E-state index contributed by atoms with van der Waals surface area (Å²) < 4.78 is 50.4. The second kappa shape index (κ2) is 9.73. The topological polar surface area (TPSA) is 65.0 Å². The average molecular weight is 431 g/mol. The van der Waals surface area contributed by atoms with Crippen LogP contribution in [0.25, 0.3) is 0 Å². The molecule has 6 nitrogen and oxygen atoms in total. The summed E-state index contributed by atoms with van der Waals surface area (Å²) in [5.41, 5.74) is 0.0458. The normalized spacial score (nSPS) is 16.3. The van der Waals surface area contributed by atoms with Crippen molar-refractivity contribution >= 4 is 21.5 Å². The zero-order valence-electron chi connectivity index (χ0n) is 17.7. The lowest BCUT2D eigenvalue weighted by atomic mass is 9.90. The molecule has 1 N–H and O–H groups in total. The summed E-state index contributed by atoms with van der Waals surface area (Å²) in [7, 11) is -3.00. The van der Waals surface area contributed by atoms with Crippen LogP contribution in [-0.2, 0) is 9.84 Å². The molecule has 164 valence electrons. The maximum Gasteiger partial charge on any atom is 0.194 e. The molecule has 1 heterocycles. The van der Waals surface area contributed by atoms with Gasteiger partial charge in [0, 0.05) is 51.6 Å². The van der Waals surface area contributed by atoms with Gasteiger partial charge in [0.15, 0.2) is 5.96 Å². The van der Waals surface area contributed by atoms with Crippen molar-refractivity contribution < 1.29 is 17.2 Å². The van der Waals surface area contributed by atoms with Crippen LogP contribution in [0.15, 0.2) is 23.2 Å². The Kier molecular flexibility index (Phi) is 7.85. The highest BCUT2D eigenvalue weighted by atomic mass is 32.2. The van der Waals surface area contributed by atoms with E-state index in [1.807, 2.05) is 25.7 Å². The predicted octanol–water partition coefficient (Wildman–Crippen LogP) is 2.51. The van der Waals surface area contributed by atoms with Crippen molar-refractivity contribution in [2.45, 2.75) is 27.2 Å². The number of hydrogen-bond acceptors (Lipinski definition) is 4. The van der Waals surface area contributed by atoms with Gasteiger partial charge < -0.3 is 15.1 Å². The number of benzene rings is 1. The molecule has 1 aliphatic rings. The molecular formula is C20H32F2N4O2S. The number of halogens is 2. The Morgan fingerprint density at radius 2 is 1.86 bits per heavy atom. The number of guanidine groups is 1. The molecule has 1 saturated heterocycles. The highest BCUT2D eigenvalue weighted by Crippen LogP contribution is 2.23. The van der Waals surface area contributed by atoms with Crippen molar-refractivity contribution in [3.05, 3.63) is 29.8 Å². The van der Waals surface area contributed by atoms with E-state index in [2.05, 4.69) is 10.2 Å². The molecule has 1 aromatic rings. The van der Waals surface area contributed by atoms with Crippen molar-refractivity contribution in [1.82, 2.24) is 10.2 Å². The molecule has 0 aromatic heterocycles. The molecule has 0 spiro atoms. The van der Waals surface area contributed by atoms with E-state index in [-0.39, 0.29) is 16.9 Å². The van der Waals surface area contributed by atoms with Crippen molar-refractivity contribution in [3.63, 3.8) is 0 Å². The Labute approximate surface area is 172 Å². The van der Waals surface area contributed by atoms with Crippen LogP contribution < -0.4 is 10.2 Å². The van der Waals surface area contributed by atoms with Crippen molar-refractivity contribution in [1.29, 1.82) is 0 Å². The lowest BCUT2D eigenvalue weighted by molar-refractivity contribution is 0.347. The molecule has 1 aromatic carbocycles. The van der Waals surface area contributed by atoms with Gasteiger partial charge in [-0.3, -0.25) is 4.99 Å². The second-order valence-corrected chi connectivity index (χ2v) is 10.5. The van der Waals surface area contributed by atoms with E-state index in [1.54, 1.807) is 0 Å². The van der Waals surface area contributed by atoms with Crippen LogP contribution in [0.2, 0.25) is 0 Å². The smallest absolute Gasteiger partial charge is 0.194 e. The fourth-order valence-corrected chi connectivity index (χ4v) is 4.07. The Hall–Kier alpha value is -1.90. The van der Waals surface area contributed by atoms with Gasteiger partial charge in [0.1, 0.15) is 21.5 Å². The number of nitrogens with one attached hydrogen (secondary N) is 1. The SMILES string of the molecule is CCNC(=NCC(C)(C)CCS(C)(=O)=O)N1CCN(c2cc(F)ccc2F)CC1. The minimum absolute atomic E-state index is 0.143. The summed E-state index contributed by atoms with van der Waals surface area (Å²) in [6, 6.07) is 3.51. The Balaban J connectivity index is 2.01. The molecule has 0 amide bonds. The standard InChI is InChI=1S/C20H32F2N4O2S/c1-5-23-19(24-15-20(2,3)8-13-29(4,27)28)26-11-9-25(10-12-26)18-14-16(21)6-7-17(18)22/h6-7,14H,5,8-13,15H2,1-4H3,(H,23,24). The molecule has 1 fully saturated rings. The zero-order valence-corrected chi connectivity index (χ0v) is 18.5. The Bertz CT molecular complexity index is 820. The van der Waals surface area contributed by atoms with E-state index in [0.717, 1.165) is 18.1 Å². The number of piperazine rings is 1. The molecule has 9 heteroatoms. The monoisotopic (exact) mass is 430 g/mol. The maximum absolute atomic E-state index is 14.0. The first-order chi connectivity index (χ1) is 13.5. The lowest BCUT2D eigenvalue weighted by Gasteiger charge is -2.38. The van der Waals surface area contributed by atoms with Crippen LogP contribution in [0, 0.1) is 17.0 Å². The first-order valence-electron chi connectivity index (χ1n) is 9.92. The largest absolute Gasteiger partial charge is 0.366 e. The number of rotatable bonds is 7. The third-order valence-corrected chi connectivity index (χ3v) is 5.92. The van der Waals surface area contributed by atoms with Gasteiger partial charge in [-0.05, 0) is 30.9 Å². The van der Waals surface area contributed by atoms with Crippen LogP contribution in [0.4, 0.5) is 14.5 Å². The van der Waals surface area contributed by atoms with Crippen LogP contribution >= 0.6 is 0 Å². The molecular weight excluding hydrogens is 398 g/mol. The average Bonchev–Trinajstić information content (AvgIpc) is 2.65. The van der Waals surface area contributed by atoms with Gasteiger partial charge in [-0.2, -0.15) is 0 Å². The van der Waals surface area contributed by atoms with Crippen LogP contribution in [0.3, 0.4) is 0 Å². The highest BCUT2D eigenvalue weighted by molar-refractivity contribution is 7.90. The first kappa shape index (κ1) is 23.4. The predicted molar refractivity (Wildman–Crippen MR) is 114 cm³/mol. The van der Waals surface area contributed by atoms with Gasteiger partial charge in [-0.15, -0.1) is 0 Å². The minimum Gasteiger partial charge on any atom is -0.366 e. The molecule has 29 heavy (non-hydrogen) atoms. The number of sulfone groups is 1. The summed E-state index contributed by atoms with van der Waals surface area (Å²) in [5, 5.41) is 3.28. The quantitative estimate of drug-likeness (QED) is 0.532. The van der Waals surface area contributed by atoms with Crippen molar-refractivity contribution in [2.75, 3.05) is 56.2 Å². The van der Waals surface area contributed by atoms with E-state index in [0.29, 0.717) is 45.7 Å². The van der Waals surface area contributed by atoms with Gasteiger partial charge in [-0.25, -0.2) is 17.2 Å². The lowest BCUT2D eigenvalue weighted by Crippen LogP contribution is -2.53. The van der Waals surface area contributed by atoms with E-state index in [1.165, 1.54) is 12.3 Å². The molecule has 0 saturated carbocycles. The molecule has 2 rings (SSSR count). The zero-order chi connectivity index (χ0) is 21.7. The van der Waals surface area contributed by atoms with Crippen molar-refractivity contribution in [2.24, 2.45) is 10.4 Å². The number of nitrogens with zero attached hydrogens (tertiary/aromatic N) is 3. The number of aliphatic imine (C=N–C) groups is 1. The molecule has 0 radical (unpaired) electrons. The van der Waals surface area contributed by atoms with Crippen LogP contribution in [-0.4, -0.2) is 70.6 Å².